The van der Waals surface area contributed by atoms with E-state index in [9.17, 15) is 0 Å². The summed E-state index contributed by atoms with van der Waals surface area (Å²) in [6.07, 6.45) is 2.30. The molecule has 3 rings (SSSR count). The predicted octanol–water partition coefficient (Wildman–Crippen LogP) is 3.51. The molecule has 24 heavy (non-hydrogen) atoms. The van der Waals surface area contributed by atoms with E-state index < -0.39 is 0 Å². The third-order valence-electron chi connectivity index (χ3n) is 4.57. The number of hydrogen-bond acceptors (Lipinski definition) is 4. The molecule has 1 heterocycles. The molecule has 5 heteroatoms. The highest BCUT2D eigenvalue weighted by Gasteiger charge is 2.25. The first-order valence-electron chi connectivity index (χ1n) is 8.32. The Kier molecular flexibility index (Phi) is 5.61. The van der Waals surface area contributed by atoms with Gasteiger partial charge >= 0.3 is 0 Å². The monoisotopic (exact) mass is 345 g/mol. The highest BCUT2D eigenvalue weighted by atomic mass is 35.5. The van der Waals surface area contributed by atoms with Crippen molar-refractivity contribution in [3.8, 4) is 5.75 Å². The Morgan fingerprint density at radius 3 is 2.83 bits per heavy atom. The van der Waals surface area contributed by atoms with Gasteiger partial charge in [-0.2, -0.15) is 0 Å². The van der Waals surface area contributed by atoms with E-state index in [1.807, 2.05) is 6.07 Å². The summed E-state index contributed by atoms with van der Waals surface area (Å²) in [5.74, 6) is 0.768. The van der Waals surface area contributed by atoms with Crippen LogP contribution in [0, 0.1) is 0 Å². The molecule has 4 N–H and O–H groups in total. The van der Waals surface area contributed by atoms with Crippen molar-refractivity contribution in [2.75, 3.05) is 19.4 Å². The second-order valence-electron chi connectivity index (χ2n) is 6.16. The topological polar surface area (TPSA) is 59.3 Å². The van der Waals surface area contributed by atoms with Gasteiger partial charge in [-0.15, -0.1) is 0 Å². The summed E-state index contributed by atoms with van der Waals surface area (Å²) in [6, 6.07) is 14.9. The van der Waals surface area contributed by atoms with E-state index in [1.165, 1.54) is 12.0 Å². The lowest BCUT2D eigenvalue weighted by Crippen LogP contribution is -2.45. The molecule has 4 nitrogen and oxygen atoms in total. The number of halogens is 1. The zero-order valence-corrected chi connectivity index (χ0v) is 14.6. The Morgan fingerprint density at radius 2 is 2.08 bits per heavy atom. The van der Waals surface area contributed by atoms with Crippen molar-refractivity contribution in [3.05, 3.63) is 58.6 Å². The number of piperidine rings is 1. The molecule has 0 saturated carbocycles. The maximum Gasteiger partial charge on any atom is 0.125 e. The van der Waals surface area contributed by atoms with E-state index in [0.717, 1.165) is 24.3 Å². The maximum absolute atomic E-state index is 6.17. The Bertz CT molecular complexity index is 678. The highest BCUT2D eigenvalue weighted by molar-refractivity contribution is 6.33. The lowest BCUT2D eigenvalue weighted by Gasteiger charge is -2.34. The van der Waals surface area contributed by atoms with Gasteiger partial charge in [0.25, 0.3) is 0 Å². The van der Waals surface area contributed by atoms with Gasteiger partial charge in [0.1, 0.15) is 5.75 Å². The molecule has 0 spiro atoms. The molecule has 1 aliphatic heterocycles. The van der Waals surface area contributed by atoms with Crippen LogP contribution >= 0.6 is 11.6 Å². The average molecular weight is 346 g/mol. The van der Waals surface area contributed by atoms with E-state index in [4.69, 9.17) is 22.1 Å². The fraction of sp³-hybridized carbons (Fsp3) is 0.368. The number of anilines is 1. The number of nitrogen functional groups attached to an aromatic ring is 1. The van der Waals surface area contributed by atoms with Crippen molar-refractivity contribution in [3.63, 3.8) is 0 Å². The van der Waals surface area contributed by atoms with Crippen LogP contribution in [0.4, 0.5) is 5.69 Å². The van der Waals surface area contributed by atoms with Crippen molar-refractivity contribution < 1.29 is 4.74 Å². The molecule has 0 aromatic heterocycles. The minimum Gasteiger partial charge on any atom is -0.496 e. The third kappa shape index (κ3) is 3.83. The molecule has 2 aromatic carbocycles. The van der Waals surface area contributed by atoms with Crippen LogP contribution in [0.3, 0.4) is 0 Å². The van der Waals surface area contributed by atoms with Gasteiger partial charge in [-0.3, -0.25) is 0 Å². The largest absolute Gasteiger partial charge is 0.496 e. The van der Waals surface area contributed by atoms with Gasteiger partial charge in [-0.1, -0.05) is 41.9 Å². The number of methoxy groups -OCH3 is 1. The summed E-state index contributed by atoms with van der Waals surface area (Å²) in [5.41, 5.74) is 8.74. The van der Waals surface area contributed by atoms with Gasteiger partial charge in [-0.25, -0.2) is 0 Å². The van der Waals surface area contributed by atoms with E-state index >= 15 is 0 Å². The first-order chi connectivity index (χ1) is 11.7. The Balaban J connectivity index is 1.74. The van der Waals surface area contributed by atoms with Crippen LogP contribution in [0.1, 0.15) is 30.0 Å². The van der Waals surface area contributed by atoms with Crippen molar-refractivity contribution in [1.82, 2.24) is 10.6 Å². The summed E-state index contributed by atoms with van der Waals surface area (Å²) in [6.45, 7) is 1.74. The van der Waals surface area contributed by atoms with E-state index in [2.05, 4.69) is 41.0 Å². The minimum atomic E-state index is 0.315. The molecule has 0 bridgehead atoms. The van der Waals surface area contributed by atoms with Crippen molar-refractivity contribution in [1.29, 1.82) is 0 Å². The number of rotatable bonds is 5. The van der Waals surface area contributed by atoms with Crippen LogP contribution in [-0.2, 0) is 6.54 Å². The number of ether oxygens (including phenoxy) is 1. The first kappa shape index (κ1) is 17.1. The fourth-order valence-corrected chi connectivity index (χ4v) is 3.48. The van der Waals surface area contributed by atoms with Gasteiger partial charge < -0.3 is 21.1 Å². The van der Waals surface area contributed by atoms with Gasteiger partial charge in [0, 0.05) is 30.3 Å². The smallest absolute Gasteiger partial charge is 0.125 e. The number of hydrogen-bond donors (Lipinski definition) is 3. The molecule has 0 amide bonds. The maximum atomic E-state index is 6.17. The number of nitrogens with two attached hydrogens (primary N) is 1. The zero-order chi connectivity index (χ0) is 16.9. The molecule has 0 radical (unpaired) electrons. The second-order valence-corrected chi connectivity index (χ2v) is 6.56. The van der Waals surface area contributed by atoms with Gasteiger partial charge in [-0.05, 0) is 31.0 Å². The van der Waals surface area contributed by atoms with Crippen LogP contribution in [0.25, 0.3) is 0 Å². The SMILES string of the molecule is COc1cc(N)c(Cl)cc1CNC1CCCNC1c1ccccc1. The van der Waals surface area contributed by atoms with Crippen LogP contribution < -0.4 is 21.1 Å². The number of benzene rings is 2. The second kappa shape index (κ2) is 7.88. The van der Waals surface area contributed by atoms with Crippen molar-refractivity contribution in [2.45, 2.75) is 31.5 Å². The van der Waals surface area contributed by atoms with Crippen molar-refractivity contribution in [2.24, 2.45) is 0 Å². The normalized spacial score (nSPS) is 20.8. The summed E-state index contributed by atoms with van der Waals surface area (Å²) < 4.78 is 5.44. The molecular formula is C19H24ClN3O. The van der Waals surface area contributed by atoms with Crippen LogP contribution in [-0.4, -0.2) is 19.7 Å². The summed E-state index contributed by atoms with van der Waals surface area (Å²) in [5, 5.41) is 7.86. The Morgan fingerprint density at radius 1 is 1.29 bits per heavy atom. The standard InChI is InChI=1S/C19H24ClN3O/c1-24-18-11-16(21)15(20)10-14(18)12-23-17-8-5-9-22-19(17)13-6-3-2-4-7-13/h2-4,6-7,10-11,17,19,22-23H,5,8-9,12,21H2,1H3. The Labute approximate surface area is 148 Å². The predicted molar refractivity (Wildman–Crippen MR) is 99.5 cm³/mol. The summed E-state index contributed by atoms with van der Waals surface area (Å²) in [7, 11) is 1.65. The molecular weight excluding hydrogens is 322 g/mol. The first-order valence-corrected chi connectivity index (χ1v) is 8.70. The zero-order valence-electron chi connectivity index (χ0n) is 13.9. The fourth-order valence-electron chi connectivity index (χ4n) is 3.30. The highest BCUT2D eigenvalue weighted by Crippen LogP contribution is 2.30. The molecule has 128 valence electrons. The van der Waals surface area contributed by atoms with E-state index in [-0.39, 0.29) is 0 Å². The summed E-state index contributed by atoms with van der Waals surface area (Å²) in [4.78, 5) is 0. The number of nitrogens with one attached hydrogen (secondary N) is 2. The van der Waals surface area contributed by atoms with Gasteiger partial charge in [0.15, 0.2) is 0 Å². The van der Waals surface area contributed by atoms with Crippen molar-refractivity contribution >= 4 is 17.3 Å². The molecule has 0 aliphatic carbocycles. The molecule has 2 aromatic rings. The average Bonchev–Trinajstić information content (AvgIpc) is 2.63. The van der Waals surface area contributed by atoms with Gasteiger partial charge in [0.05, 0.1) is 17.8 Å². The van der Waals surface area contributed by atoms with Crippen LogP contribution in [0.2, 0.25) is 5.02 Å². The molecule has 2 unspecified atom stereocenters. The van der Waals surface area contributed by atoms with Gasteiger partial charge in [0.2, 0.25) is 0 Å². The molecule has 1 fully saturated rings. The molecule has 2 atom stereocenters. The minimum absolute atomic E-state index is 0.315. The van der Waals surface area contributed by atoms with E-state index in [1.54, 1.807) is 13.2 Å². The quantitative estimate of drug-likeness (QED) is 0.726. The van der Waals surface area contributed by atoms with E-state index in [0.29, 0.717) is 29.3 Å². The van der Waals surface area contributed by atoms with Crippen LogP contribution in [0.5, 0.6) is 5.75 Å². The summed E-state index contributed by atoms with van der Waals surface area (Å²) >= 11 is 6.17. The van der Waals surface area contributed by atoms with Crippen LogP contribution in [0.15, 0.2) is 42.5 Å². The third-order valence-corrected chi connectivity index (χ3v) is 4.90. The lowest BCUT2D eigenvalue weighted by atomic mass is 9.92. The lowest BCUT2D eigenvalue weighted by molar-refractivity contribution is 0.303. The Hall–Kier alpha value is -1.75. The molecule has 1 aliphatic rings. The molecule has 1 saturated heterocycles.